The van der Waals surface area contributed by atoms with Gasteiger partial charge in [0, 0.05) is 0 Å². The molecule has 1 heterocycles. The number of anilines is 1. The predicted octanol–water partition coefficient (Wildman–Crippen LogP) is 3.58. The van der Waals surface area contributed by atoms with Crippen molar-refractivity contribution in [1.82, 2.24) is 4.98 Å². The van der Waals surface area contributed by atoms with E-state index in [4.69, 9.17) is 0 Å². The van der Waals surface area contributed by atoms with Gasteiger partial charge in [-0.25, -0.2) is 4.98 Å². The van der Waals surface area contributed by atoms with Gasteiger partial charge in [0.25, 0.3) is 0 Å². The summed E-state index contributed by atoms with van der Waals surface area (Å²) < 4.78 is 1.08. The summed E-state index contributed by atoms with van der Waals surface area (Å²) >= 11 is 5.81. The Morgan fingerprint density at radius 2 is 2.17 bits per heavy atom. The number of hydrogen-bond donors (Lipinski definition) is 2. The number of carbonyl (C=O) groups excluding carboxylic acids is 1. The van der Waals surface area contributed by atoms with Crippen molar-refractivity contribution >= 4 is 45.2 Å². The van der Waals surface area contributed by atoms with Gasteiger partial charge in [-0.05, 0) is 24.5 Å². The fraction of sp³-hybridized carbons (Fsp3) is 0.385. The largest absolute Gasteiger partial charge is 0.301 e. The molecule has 0 saturated heterocycles. The SMILES string of the molecule is CC(C)CC(S)C(=O)Nc1nc2ccccc2s1. The molecule has 2 aromatic rings. The maximum absolute atomic E-state index is 11.9. The normalized spacial score (nSPS) is 12.9. The molecule has 1 atom stereocenters. The molecule has 0 bridgehead atoms. The van der Waals surface area contributed by atoms with Gasteiger partial charge in [0.15, 0.2) is 5.13 Å². The second-order valence-electron chi connectivity index (χ2n) is 4.62. The monoisotopic (exact) mass is 280 g/mol. The third-order valence-corrected chi connectivity index (χ3v) is 3.92. The fourth-order valence-corrected chi connectivity index (χ4v) is 3.02. The van der Waals surface area contributed by atoms with E-state index in [1.54, 1.807) is 0 Å². The highest BCUT2D eigenvalue weighted by atomic mass is 32.1. The van der Waals surface area contributed by atoms with Crippen LogP contribution in [0.2, 0.25) is 0 Å². The van der Waals surface area contributed by atoms with Gasteiger partial charge in [0.2, 0.25) is 5.91 Å². The number of fused-ring (bicyclic) bond motifs is 1. The van der Waals surface area contributed by atoms with Gasteiger partial charge in [0.1, 0.15) is 0 Å². The standard InChI is InChI=1S/C13H16N2OS2/c1-8(2)7-10(17)12(16)15-13-14-9-5-3-4-6-11(9)18-13/h3-6,8,10,17H,7H2,1-2H3,(H,14,15,16). The summed E-state index contributed by atoms with van der Waals surface area (Å²) in [6.45, 7) is 4.16. The molecule has 0 radical (unpaired) electrons. The highest BCUT2D eigenvalue weighted by Gasteiger charge is 2.16. The van der Waals surface area contributed by atoms with E-state index in [-0.39, 0.29) is 11.2 Å². The van der Waals surface area contributed by atoms with Crippen molar-refractivity contribution in [2.24, 2.45) is 5.92 Å². The Labute approximate surface area is 116 Å². The molecule has 0 aliphatic rings. The lowest BCUT2D eigenvalue weighted by atomic mass is 10.1. The summed E-state index contributed by atoms with van der Waals surface area (Å²) in [6, 6.07) is 7.84. The zero-order chi connectivity index (χ0) is 13.1. The van der Waals surface area contributed by atoms with E-state index in [9.17, 15) is 4.79 Å². The lowest BCUT2D eigenvalue weighted by molar-refractivity contribution is -0.115. The van der Waals surface area contributed by atoms with Gasteiger partial charge in [-0.1, -0.05) is 37.3 Å². The van der Waals surface area contributed by atoms with E-state index < -0.39 is 0 Å². The van der Waals surface area contributed by atoms with Crippen LogP contribution in [0.5, 0.6) is 0 Å². The molecule has 0 saturated carbocycles. The maximum atomic E-state index is 11.9. The first kappa shape index (κ1) is 13.4. The number of rotatable bonds is 4. The number of hydrogen-bond acceptors (Lipinski definition) is 4. The Bertz CT molecular complexity index is 518. The number of carbonyl (C=O) groups is 1. The van der Waals surface area contributed by atoms with Crippen molar-refractivity contribution in [3.63, 3.8) is 0 Å². The molecule has 18 heavy (non-hydrogen) atoms. The van der Waals surface area contributed by atoms with Crippen LogP contribution in [0.1, 0.15) is 20.3 Å². The summed E-state index contributed by atoms with van der Waals surface area (Å²) in [5, 5.41) is 3.19. The molecule has 3 nitrogen and oxygen atoms in total. The molecular weight excluding hydrogens is 264 g/mol. The molecule has 1 aromatic carbocycles. The Morgan fingerprint density at radius 1 is 1.44 bits per heavy atom. The minimum atomic E-state index is -0.281. The first-order valence-electron chi connectivity index (χ1n) is 5.91. The topological polar surface area (TPSA) is 42.0 Å². The second kappa shape index (κ2) is 5.71. The quantitative estimate of drug-likeness (QED) is 0.841. The molecular formula is C13H16N2OS2. The summed E-state index contributed by atoms with van der Waals surface area (Å²) in [5.41, 5.74) is 0.914. The third kappa shape index (κ3) is 3.23. The van der Waals surface area contributed by atoms with E-state index in [0.717, 1.165) is 16.6 Å². The van der Waals surface area contributed by atoms with Crippen LogP contribution in [0.3, 0.4) is 0 Å². The first-order valence-corrected chi connectivity index (χ1v) is 7.24. The van der Waals surface area contributed by atoms with Crippen LogP contribution >= 0.6 is 24.0 Å². The average Bonchev–Trinajstić information content (AvgIpc) is 2.69. The maximum Gasteiger partial charge on any atom is 0.239 e. The smallest absolute Gasteiger partial charge is 0.239 e. The van der Waals surface area contributed by atoms with Crippen molar-refractivity contribution < 1.29 is 4.79 Å². The van der Waals surface area contributed by atoms with E-state index in [1.165, 1.54) is 11.3 Å². The molecule has 0 aliphatic heterocycles. The van der Waals surface area contributed by atoms with Crippen molar-refractivity contribution in [1.29, 1.82) is 0 Å². The van der Waals surface area contributed by atoms with Gasteiger partial charge in [-0.3, -0.25) is 4.79 Å². The van der Waals surface area contributed by atoms with Gasteiger partial charge < -0.3 is 5.32 Å². The highest BCUT2D eigenvalue weighted by molar-refractivity contribution is 7.81. The number of thiazole rings is 1. The molecule has 0 aliphatic carbocycles. The van der Waals surface area contributed by atoms with Gasteiger partial charge >= 0.3 is 0 Å². The molecule has 96 valence electrons. The number of aromatic nitrogens is 1. The Morgan fingerprint density at radius 3 is 2.83 bits per heavy atom. The molecule has 0 spiro atoms. The van der Waals surface area contributed by atoms with E-state index in [1.807, 2.05) is 24.3 Å². The summed E-state index contributed by atoms with van der Waals surface area (Å²) in [6.07, 6.45) is 0.764. The molecule has 1 N–H and O–H groups in total. The predicted molar refractivity (Wildman–Crippen MR) is 80.5 cm³/mol. The molecule has 2 rings (SSSR count). The first-order chi connectivity index (χ1) is 8.56. The number of amides is 1. The number of para-hydroxylation sites is 1. The van der Waals surface area contributed by atoms with Crippen LogP contribution in [0.25, 0.3) is 10.2 Å². The van der Waals surface area contributed by atoms with Crippen LogP contribution in [0.4, 0.5) is 5.13 Å². The summed E-state index contributed by atoms with van der Waals surface area (Å²) in [7, 11) is 0. The van der Waals surface area contributed by atoms with E-state index in [2.05, 4.69) is 36.8 Å². The molecule has 5 heteroatoms. The Hall–Kier alpha value is -1.07. The van der Waals surface area contributed by atoms with Crippen LogP contribution in [0, 0.1) is 5.92 Å². The summed E-state index contributed by atoms with van der Waals surface area (Å²) in [5.74, 6) is 0.375. The molecule has 1 unspecified atom stereocenters. The fourth-order valence-electron chi connectivity index (χ4n) is 1.67. The van der Waals surface area contributed by atoms with Gasteiger partial charge in [-0.15, -0.1) is 0 Å². The van der Waals surface area contributed by atoms with Crippen molar-refractivity contribution in [3.05, 3.63) is 24.3 Å². The zero-order valence-corrected chi connectivity index (χ0v) is 12.1. The number of nitrogens with zero attached hydrogens (tertiary/aromatic N) is 1. The van der Waals surface area contributed by atoms with E-state index >= 15 is 0 Å². The third-order valence-electron chi connectivity index (χ3n) is 2.52. The number of benzene rings is 1. The van der Waals surface area contributed by atoms with Crippen molar-refractivity contribution in [2.45, 2.75) is 25.5 Å². The lowest BCUT2D eigenvalue weighted by Crippen LogP contribution is -2.24. The summed E-state index contributed by atoms with van der Waals surface area (Å²) in [4.78, 5) is 16.3. The Kier molecular flexibility index (Phi) is 4.24. The number of thiol groups is 1. The van der Waals surface area contributed by atoms with Gasteiger partial charge in [0.05, 0.1) is 15.5 Å². The van der Waals surface area contributed by atoms with Crippen molar-refractivity contribution in [2.75, 3.05) is 5.32 Å². The lowest BCUT2D eigenvalue weighted by Gasteiger charge is -2.11. The van der Waals surface area contributed by atoms with Crippen LogP contribution in [-0.2, 0) is 4.79 Å². The Balaban J connectivity index is 2.06. The van der Waals surface area contributed by atoms with Crippen LogP contribution < -0.4 is 5.32 Å². The van der Waals surface area contributed by atoms with Gasteiger partial charge in [-0.2, -0.15) is 12.6 Å². The number of nitrogens with one attached hydrogen (secondary N) is 1. The highest BCUT2D eigenvalue weighted by Crippen LogP contribution is 2.26. The second-order valence-corrected chi connectivity index (χ2v) is 6.28. The zero-order valence-electron chi connectivity index (χ0n) is 10.4. The molecule has 0 fully saturated rings. The minimum Gasteiger partial charge on any atom is -0.301 e. The molecule has 1 amide bonds. The average molecular weight is 280 g/mol. The van der Waals surface area contributed by atoms with E-state index in [0.29, 0.717) is 11.0 Å². The minimum absolute atomic E-state index is 0.0777. The van der Waals surface area contributed by atoms with Crippen LogP contribution in [-0.4, -0.2) is 16.1 Å². The van der Waals surface area contributed by atoms with Crippen LogP contribution in [0.15, 0.2) is 24.3 Å². The molecule has 1 aromatic heterocycles. The van der Waals surface area contributed by atoms with Crippen molar-refractivity contribution in [3.8, 4) is 0 Å².